The molecule has 5 rings (SSSR count). The molecular formula is C29H23Cl2F4N4O5+. The minimum absolute atomic E-state index is 0.110. The number of nitrogens with one attached hydrogen (secondary N) is 1. The van der Waals surface area contributed by atoms with E-state index in [0.717, 1.165) is 6.07 Å². The van der Waals surface area contributed by atoms with Crippen LogP contribution in [-0.4, -0.2) is 64.3 Å². The third kappa shape index (κ3) is 5.94. The number of benzene rings is 2. The Hall–Kier alpha value is -4.20. The van der Waals surface area contributed by atoms with Gasteiger partial charge in [-0.25, -0.2) is 9.18 Å². The number of aromatic amines is 1. The summed E-state index contributed by atoms with van der Waals surface area (Å²) in [4.78, 5) is 58.0. The minimum Gasteiger partial charge on any atom is -0.327 e. The summed E-state index contributed by atoms with van der Waals surface area (Å²) < 4.78 is 55.1. The number of carbonyl (C=O) groups excluding carboxylic acids is 3. The Bertz CT molecular complexity index is 1850. The lowest BCUT2D eigenvalue weighted by Gasteiger charge is -2.40. The van der Waals surface area contributed by atoms with E-state index < -0.39 is 34.1 Å². The summed E-state index contributed by atoms with van der Waals surface area (Å²) in [5.74, 6) is -4.21. The molecular weight excluding hydrogens is 631 g/mol. The van der Waals surface area contributed by atoms with Crippen molar-refractivity contribution in [1.82, 2.24) is 18.9 Å². The maximum atomic E-state index is 14.9. The molecule has 1 fully saturated rings. The Morgan fingerprint density at radius 3 is 2.30 bits per heavy atom. The molecule has 230 valence electrons. The number of carbonyl (C=O) groups is 3. The maximum Gasteiger partial charge on any atom is 0.497 e. The Balaban J connectivity index is 1.39. The van der Waals surface area contributed by atoms with Crippen LogP contribution < -0.4 is 10.2 Å². The molecule has 1 aliphatic rings. The highest BCUT2D eigenvalue weighted by atomic mass is 35.5. The summed E-state index contributed by atoms with van der Waals surface area (Å²) in [7, 11) is 0. The number of hydrogen-bond donors (Lipinski definition) is 1. The normalized spacial score (nSPS) is 14.9. The van der Waals surface area contributed by atoms with Crippen LogP contribution in [0.2, 0.25) is 10.2 Å². The summed E-state index contributed by atoms with van der Waals surface area (Å²) in [5, 5.41) is 0.271. The lowest BCUT2D eigenvalue weighted by atomic mass is 10.0. The molecule has 0 unspecified atom stereocenters. The highest BCUT2D eigenvalue weighted by Crippen LogP contribution is 2.31. The molecule has 2 aromatic heterocycles. The molecule has 2 aromatic carbocycles. The van der Waals surface area contributed by atoms with Crippen LogP contribution in [0.4, 0.5) is 23.2 Å². The number of rotatable bonds is 6. The molecule has 1 aliphatic heterocycles. The second-order valence-corrected chi connectivity index (χ2v) is 11.0. The third-order valence-electron chi connectivity index (χ3n) is 7.42. The summed E-state index contributed by atoms with van der Waals surface area (Å²) in [6.07, 6.45) is -3.72. The largest absolute Gasteiger partial charge is 0.497 e. The van der Waals surface area contributed by atoms with Crippen molar-refractivity contribution < 1.29 is 36.8 Å². The van der Waals surface area contributed by atoms with Crippen molar-refractivity contribution in [3.63, 3.8) is 0 Å². The first-order chi connectivity index (χ1) is 20.7. The van der Waals surface area contributed by atoms with Crippen LogP contribution in [0.5, 0.6) is 0 Å². The van der Waals surface area contributed by atoms with Gasteiger partial charge in [-0.3, -0.25) is 23.6 Å². The van der Waals surface area contributed by atoms with E-state index in [2.05, 4.69) is 4.98 Å². The maximum absolute atomic E-state index is 14.9. The van der Waals surface area contributed by atoms with Gasteiger partial charge in [-0.2, -0.15) is 13.2 Å². The second-order valence-electron chi connectivity index (χ2n) is 10.2. The van der Waals surface area contributed by atoms with E-state index >= 15 is 0 Å². The fraction of sp³-hybridized carbons (Fsp3) is 0.241. The molecule has 0 spiro atoms. The van der Waals surface area contributed by atoms with Crippen LogP contribution in [0.15, 0.2) is 59.5 Å². The van der Waals surface area contributed by atoms with E-state index in [9.17, 15) is 36.7 Å². The highest BCUT2D eigenvalue weighted by Gasteiger charge is 2.50. The number of fused-ring (bicyclic) bond motifs is 1. The zero-order valence-electron chi connectivity index (χ0n) is 22.9. The standard InChI is InChI=1S/C29H22Cl2F4N4O5/c1-16(40)18-3-5-20(6-4-18)39(44-28(43)29(33,34)35)10-8-37(9-11-39)27(42)21-13-17(2-7-23(21)32)12-19-15-36-26(41)24-14-22(30)25(31)38(19)24/h2-7,13-15H,8-12H2,1H3/p+1. The van der Waals surface area contributed by atoms with Gasteiger partial charge in [0.1, 0.15) is 29.6 Å². The number of nitrogens with zero attached hydrogens (tertiary/aromatic N) is 3. The van der Waals surface area contributed by atoms with Gasteiger partial charge in [0.05, 0.1) is 23.7 Å². The fourth-order valence-electron chi connectivity index (χ4n) is 5.12. The van der Waals surface area contributed by atoms with E-state index in [1.54, 1.807) is 0 Å². The van der Waals surface area contributed by atoms with Crippen LogP contribution in [-0.2, 0) is 16.1 Å². The van der Waals surface area contributed by atoms with Crippen LogP contribution in [0.3, 0.4) is 0 Å². The number of Topliss-reactive ketones (excluding diaryl/α,β-unsaturated/α-hetero) is 1. The van der Waals surface area contributed by atoms with Gasteiger partial charge in [0.25, 0.3) is 11.5 Å². The smallest absolute Gasteiger partial charge is 0.327 e. The van der Waals surface area contributed by atoms with Gasteiger partial charge in [0.15, 0.2) is 11.5 Å². The first kappa shape index (κ1) is 31.2. The molecule has 0 radical (unpaired) electrons. The van der Waals surface area contributed by atoms with Gasteiger partial charge >= 0.3 is 12.1 Å². The van der Waals surface area contributed by atoms with Crippen molar-refractivity contribution in [3.8, 4) is 0 Å². The van der Waals surface area contributed by atoms with E-state index in [4.69, 9.17) is 28.0 Å². The molecule has 1 saturated heterocycles. The van der Waals surface area contributed by atoms with Crippen molar-refractivity contribution in [3.05, 3.63) is 103 Å². The van der Waals surface area contributed by atoms with Gasteiger partial charge in [-0.05, 0) is 42.8 Å². The zero-order chi connectivity index (χ0) is 32.0. The minimum atomic E-state index is -5.27. The first-order valence-corrected chi connectivity index (χ1v) is 13.9. The Morgan fingerprint density at radius 1 is 1.02 bits per heavy atom. The summed E-state index contributed by atoms with van der Waals surface area (Å²) in [6.45, 7) is 0.432. The molecule has 3 heterocycles. The van der Waals surface area contributed by atoms with Gasteiger partial charge < -0.3 is 9.88 Å². The molecule has 0 aliphatic carbocycles. The van der Waals surface area contributed by atoms with Gasteiger partial charge in [-0.15, -0.1) is 0 Å². The lowest BCUT2D eigenvalue weighted by molar-refractivity contribution is -0.238. The molecule has 44 heavy (non-hydrogen) atoms. The first-order valence-electron chi connectivity index (χ1n) is 13.1. The Kier molecular flexibility index (Phi) is 8.31. The molecule has 15 heteroatoms. The van der Waals surface area contributed by atoms with Crippen LogP contribution >= 0.6 is 23.2 Å². The van der Waals surface area contributed by atoms with Crippen LogP contribution in [0.25, 0.3) is 5.52 Å². The van der Waals surface area contributed by atoms with E-state index in [0.29, 0.717) is 16.8 Å². The molecule has 0 atom stereocenters. The Morgan fingerprint density at radius 2 is 1.68 bits per heavy atom. The number of hydrogen-bond acceptors (Lipinski definition) is 5. The Labute approximate surface area is 256 Å². The van der Waals surface area contributed by atoms with Crippen molar-refractivity contribution in [2.24, 2.45) is 0 Å². The zero-order valence-corrected chi connectivity index (χ0v) is 24.4. The number of piperazine rings is 1. The van der Waals surface area contributed by atoms with E-state index in [1.807, 2.05) is 0 Å². The fourth-order valence-corrected chi connectivity index (χ4v) is 5.56. The number of amides is 1. The van der Waals surface area contributed by atoms with Gasteiger partial charge in [-0.1, -0.05) is 33.9 Å². The average Bonchev–Trinajstić information content (AvgIpc) is 3.29. The third-order valence-corrected chi connectivity index (χ3v) is 8.17. The van der Waals surface area contributed by atoms with Crippen molar-refractivity contribution in [1.29, 1.82) is 0 Å². The highest BCUT2D eigenvalue weighted by molar-refractivity contribution is 6.42. The quantitative estimate of drug-likeness (QED) is 0.172. The van der Waals surface area contributed by atoms with Crippen molar-refractivity contribution in [2.45, 2.75) is 19.5 Å². The number of ketones is 1. The van der Waals surface area contributed by atoms with Crippen molar-refractivity contribution in [2.75, 3.05) is 26.2 Å². The predicted octanol–water partition coefficient (Wildman–Crippen LogP) is 5.35. The van der Waals surface area contributed by atoms with Crippen LogP contribution in [0.1, 0.15) is 38.9 Å². The van der Waals surface area contributed by atoms with Crippen LogP contribution in [0, 0.1) is 5.82 Å². The molecule has 1 N–H and O–H groups in total. The molecule has 4 aromatic rings. The van der Waals surface area contributed by atoms with E-state index in [1.165, 1.54) is 64.9 Å². The second kappa shape index (κ2) is 11.7. The topological polar surface area (TPSA) is 101 Å². The summed E-state index contributed by atoms with van der Waals surface area (Å²) in [5.41, 5.74) is 0.977. The average molecular weight is 654 g/mol. The number of halogens is 6. The molecule has 0 saturated carbocycles. The van der Waals surface area contributed by atoms with E-state index in [-0.39, 0.29) is 65.3 Å². The number of quaternary nitrogens is 1. The number of aromatic nitrogens is 2. The van der Waals surface area contributed by atoms with Gasteiger partial charge in [0, 0.05) is 36.0 Å². The summed E-state index contributed by atoms with van der Waals surface area (Å²) in [6, 6.07) is 10.9. The van der Waals surface area contributed by atoms with Gasteiger partial charge in [0.2, 0.25) is 0 Å². The predicted molar refractivity (Wildman–Crippen MR) is 153 cm³/mol. The molecule has 0 bridgehead atoms. The summed E-state index contributed by atoms with van der Waals surface area (Å²) >= 11 is 12.4. The lowest BCUT2D eigenvalue weighted by Crippen LogP contribution is -2.63. The number of H-pyrrole nitrogens is 1. The SMILES string of the molecule is CC(=O)c1ccc([N+]2(OC(=O)C(F)(F)F)CCN(C(=O)c3cc(Cc4c[nH]c(=O)c5cc(Cl)c(Cl)n45)ccc3F)CC2)cc1. The number of hydroxylamine groups is 2. The molecule has 9 nitrogen and oxygen atoms in total. The van der Waals surface area contributed by atoms with Crippen molar-refractivity contribution >= 4 is 52.1 Å². The molecule has 1 amide bonds. The number of alkyl halides is 3. The monoisotopic (exact) mass is 653 g/mol.